The van der Waals surface area contributed by atoms with Crippen LogP contribution in [0, 0.1) is 0 Å². The van der Waals surface area contributed by atoms with Crippen LogP contribution in [0.4, 0.5) is 5.69 Å². The normalized spacial score (nSPS) is 14.8. The minimum atomic E-state index is -0.0257. The molecular weight excluding hydrogens is 372 g/mol. The minimum absolute atomic E-state index is 0.0257. The molecule has 0 unspecified atom stereocenters. The van der Waals surface area contributed by atoms with Crippen LogP contribution in [0.2, 0.25) is 0 Å². The number of anilines is 1. The van der Waals surface area contributed by atoms with Crippen molar-refractivity contribution in [3.63, 3.8) is 0 Å². The summed E-state index contributed by atoms with van der Waals surface area (Å²) in [7, 11) is 1.74. The third-order valence-electron chi connectivity index (χ3n) is 5.69. The molecule has 0 aliphatic carbocycles. The van der Waals surface area contributed by atoms with E-state index in [1.165, 1.54) is 16.8 Å². The molecule has 0 spiro atoms. The highest BCUT2D eigenvalue weighted by Crippen LogP contribution is 2.29. The van der Waals surface area contributed by atoms with Gasteiger partial charge in [-0.1, -0.05) is 72.8 Å². The highest BCUT2D eigenvalue weighted by Gasteiger charge is 2.20. The summed E-state index contributed by atoms with van der Waals surface area (Å²) in [4.78, 5) is 4.89. The summed E-state index contributed by atoms with van der Waals surface area (Å²) in [5.74, 6) is 0.947. The van der Waals surface area contributed by atoms with Crippen LogP contribution in [0.1, 0.15) is 17.2 Å². The SMILES string of the molecule is COc1ccccc1N1CCN(CCOC(c2ccccc2)c2ccccc2)CC1. The van der Waals surface area contributed by atoms with Crippen molar-refractivity contribution in [1.29, 1.82) is 0 Å². The lowest BCUT2D eigenvalue weighted by Crippen LogP contribution is -2.47. The molecule has 1 aliphatic rings. The van der Waals surface area contributed by atoms with Crippen LogP contribution in [0.3, 0.4) is 0 Å². The first-order chi connectivity index (χ1) is 14.8. The van der Waals surface area contributed by atoms with Crippen molar-refractivity contribution >= 4 is 5.69 Å². The smallest absolute Gasteiger partial charge is 0.142 e. The first kappa shape index (κ1) is 20.5. The van der Waals surface area contributed by atoms with Gasteiger partial charge in [0, 0.05) is 32.7 Å². The van der Waals surface area contributed by atoms with Crippen LogP contribution in [0.5, 0.6) is 5.75 Å². The van der Waals surface area contributed by atoms with Crippen LogP contribution in [-0.2, 0) is 4.74 Å². The third-order valence-corrected chi connectivity index (χ3v) is 5.69. The Hall–Kier alpha value is -2.82. The lowest BCUT2D eigenvalue weighted by Gasteiger charge is -2.36. The van der Waals surface area contributed by atoms with E-state index in [1.807, 2.05) is 24.3 Å². The molecule has 0 N–H and O–H groups in total. The standard InChI is InChI=1S/C26H30N2O2/c1-29-25-15-9-8-14-24(25)28-18-16-27(17-19-28)20-21-30-26(22-10-4-2-5-11-22)23-12-6-3-7-13-23/h2-15,26H,16-21H2,1H3. The number of nitrogens with zero attached hydrogens (tertiary/aromatic N) is 2. The fourth-order valence-electron chi connectivity index (χ4n) is 4.04. The molecule has 1 fully saturated rings. The van der Waals surface area contributed by atoms with E-state index in [2.05, 4.69) is 70.5 Å². The predicted molar refractivity (Wildman–Crippen MR) is 122 cm³/mol. The molecule has 1 saturated heterocycles. The van der Waals surface area contributed by atoms with Crippen molar-refractivity contribution in [2.45, 2.75) is 6.10 Å². The van der Waals surface area contributed by atoms with E-state index >= 15 is 0 Å². The summed E-state index contributed by atoms with van der Waals surface area (Å²) in [6.07, 6.45) is -0.0257. The molecule has 30 heavy (non-hydrogen) atoms. The third kappa shape index (κ3) is 5.02. The topological polar surface area (TPSA) is 24.9 Å². The van der Waals surface area contributed by atoms with Gasteiger partial charge in [0.15, 0.2) is 0 Å². The molecule has 0 atom stereocenters. The molecular formula is C26H30N2O2. The molecule has 0 saturated carbocycles. The molecule has 3 aromatic rings. The van der Waals surface area contributed by atoms with E-state index in [-0.39, 0.29) is 6.10 Å². The van der Waals surface area contributed by atoms with Crippen molar-refractivity contribution in [3.8, 4) is 5.75 Å². The van der Waals surface area contributed by atoms with Crippen LogP contribution in [0.15, 0.2) is 84.9 Å². The van der Waals surface area contributed by atoms with Gasteiger partial charge in [-0.2, -0.15) is 0 Å². The maximum Gasteiger partial charge on any atom is 0.142 e. The molecule has 4 nitrogen and oxygen atoms in total. The summed E-state index contributed by atoms with van der Waals surface area (Å²) in [6, 6.07) is 29.2. The van der Waals surface area contributed by atoms with E-state index in [0.29, 0.717) is 6.61 Å². The van der Waals surface area contributed by atoms with Gasteiger partial charge in [0.05, 0.1) is 19.4 Å². The number of methoxy groups -OCH3 is 1. The molecule has 0 bridgehead atoms. The minimum Gasteiger partial charge on any atom is -0.495 e. The van der Waals surface area contributed by atoms with Crippen molar-refractivity contribution < 1.29 is 9.47 Å². The van der Waals surface area contributed by atoms with Crippen LogP contribution >= 0.6 is 0 Å². The van der Waals surface area contributed by atoms with Gasteiger partial charge in [-0.3, -0.25) is 4.90 Å². The van der Waals surface area contributed by atoms with Gasteiger partial charge in [0.25, 0.3) is 0 Å². The fraction of sp³-hybridized carbons (Fsp3) is 0.308. The van der Waals surface area contributed by atoms with Gasteiger partial charge in [-0.15, -0.1) is 0 Å². The highest BCUT2D eigenvalue weighted by molar-refractivity contribution is 5.58. The highest BCUT2D eigenvalue weighted by atomic mass is 16.5. The Morgan fingerprint density at radius 3 is 1.90 bits per heavy atom. The van der Waals surface area contributed by atoms with Crippen LogP contribution in [-0.4, -0.2) is 51.3 Å². The van der Waals surface area contributed by atoms with E-state index in [0.717, 1.165) is 38.5 Å². The Balaban J connectivity index is 1.31. The molecule has 0 amide bonds. The van der Waals surface area contributed by atoms with E-state index < -0.39 is 0 Å². The van der Waals surface area contributed by atoms with Crippen molar-refractivity contribution in [3.05, 3.63) is 96.1 Å². The average Bonchev–Trinajstić information content (AvgIpc) is 2.83. The molecule has 3 aromatic carbocycles. The second-order valence-electron chi connectivity index (χ2n) is 7.57. The zero-order valence-electron chi connectivity index (χ0n) is 17.6. The number of rotatable bonds is 8. The lowest BCUT2D eigenvalue weighted by molar-refractivity contribution is 0.0586. The van der Waals surface area contributed by atoms with Crippen molar-refractivity contribution in [2.75, 3.05) is 51.3 Å². The van der Waals surface area contributed by atoms with Crippen LogP contribution in [0.25, 0.3) is 0 Å². The second kappa shape index (κ2) is 10.3. The van der Waals surface area contributed by atoms with E-state index in [9.17, 15) is 0 Å². The predicted octanol–water partition coefficient (Wildman–Crippen LogP) is 4.62. The zero-order valence-corrected chi connectivity index (χ0v) is 17.6. The van der Waals surface area contributed by atoms with Gasteiger partial charge in [-0.25, -0.2) is 0 Å². The number of piperazine rings is 1. The van der Waals surface area contributed by atoms with Crippen molar-refractivity contribution in [1.82, 2.24) is 4.90 Å². The maximum absolute atomic E-state index is 6.39. The fourth-order valence-corrected chi connectivity index (χ4v) is 4.04. The number of para-hydroxylation sites is 2. The first-order valence-electron chi connectivity index (χ1n) is 10.7. The molecule has 156 valence electrons. The van der Waals surface area contributed by atoms with E-state index in [1.54, 1.807) is 7.11 Å². The molecule has 0 aromatic heterocycles. The molecule has 0 radical (unpaired) electrons. The largest absolute Gasteiger partial charge is 0.495 e. The average molecular weight is 403 g/mol. The number of benzene rings is 3. The molecule has 4 rings (SSSR count). The quantitative estimate of drug-likeness (QED) is 0.549. The monoisotopic (exact) mass is 402 g/mol. The van der Waals surface area contributed by atoms with Gasteiger partial charge < -0.3 is 14.4 Å². The number of ether oxygens (including phenoxy) is 2. The molecule has 1 aliphatic heterocycles. The van der Waals surface area contributed by atoms with Gasteiger partial charge in [-0.05, 0) is 23.3 Å². The number of hydrogen-bond acceptors (Lipinski definition) is 4. The van der Waals surface area contributed by atoms with Crippen molar-refractivity contribution in [2.24, 2.45) is 0 Å². The van der Waals surface area contributed by atoms with Crippen LogP contribution < -0.4 is 9.64 Å². The lowest BCUT2D eigenvalue weighted by atomic mass is 10.0. The Morgan fingerprint density at radius 1 is 0.733 bits per heavy atom. The Morgan fingerprint density at radius 2 is 1.30 bits per heavy atom. The maximum atomic E-state index is 6.39. The summed E-state index contributed by atoms with van der Waals surface area (Å²) in [5.41, 5.74) is 3.58. The molecule has 1 heterocycles. The summed E-state index contributed by atoms with van der Waals surface area (Å²) in [6.45, 7) is 5.72. The first-order valence-corrected chi connectivity index (χ1v) is 10.7. The Kier molecular flexibility index (Phi) is 7.01. The molecule has 4 heteroatoms. The zero-order chi connectivity index (χ0) is 20.6. The Bertz CT molecular complexity index is 854. The Labute approximate surface area is 179 Å². The summed E-state index contributed by atoms with van der Waals surface area (Å²) >= 11 is 0. The van der Waals surface area contributed by atoms with Gasteiger partial charge in [0.2, 0.25) is 0 Å². The number of hydrogen-bond donors (Lipinski definition) is 0. The van der Waals surface area contributed by atoms with E-state index in [4.69, 9.17) is 9.47 Å². The summed E-state index contributed by atoms with van der Waals surface area (Å²) in [5, 5.41) is 0. The summed E-state index contributed by atoms with van der Waals surface area (Å²) < 4.78 is 11.9. The van der Waals surface area contributed by atoms with Gasteiger partial charge in [0.1, 0.15) is 11.9 Å². The van der Waals surface area contributed by atoms with Gasteiger partial charge >= 0.3 is 0 Å². The second-order valence-corrected chi connectivity index (χ2v) is 7.57.